The maximum absolute atomic E-state index is 13.6. The van der Waals surface area contributed by atoms with Crippen LogP contribution in [0.3, 0.4) is 0 Å². The molecule has 1 N–H and O–H groups in total. The SMILES string of the molecule is Cn1ccc(-c2nnc(C(=O)N3CCc4[nH]cnc4[C@@H]3c3cc4c(C(F)F)cccn4n3)o2)n1. The van der Waals surface area contributed by atoms with Gasteiger partial charge in [0.25, 0.3) is 12.3 Å². The number of aromatic nitrogens is 8. The molecule has 34 heavy (non-hydrogen) atoms. The summed E-state index contributed by atoms with van der Waals surface area (Å²) < 4.78 is 35.7. The van der Waals surface area contributed by atoms with Gasteiger partial charge in [0.05, 0.1) is 23.2 Å². The number of alkyl halides is 2. The molecule has 1 aliphatic rings. The van der Waals surface area contributed by atoms with Gasteiger partial charge >= 0.3 is 11.8 Å². The van der Waals surface area contributed by atoms with Gasteiger partial charge in [-0.25, -0.2) is 18.3 Å². The molecule has 0 fully saturated rings. The fraction of sp³-hybridized carbons (Fsp3) is 0.238. The number of aromatic amines is 1. The average molecular weight is 465 g/mol. The van der Waals surface area contributed by atoms with Crippen LogP contribution < -0.4 is 0 Å². The first-order chi connectivity index (χ1) is 16.5. The Hall–Kier alpha value is -4.42. The van der Waals surface area contributed by atoms with Crippen molar-refractivity contribution in [1.82, 2.24) is 44.5 Å². The molecule has 0 saturated heterocycles. The van der Waals surface area contributed by atoms with Gasteiger partial charge in [-0.3, -0.25) is 9.48 Å². The summed E-state index contributed by atoms with van der Waals surface area (Å²) in [7, 11) is 1.75. The molecule has 0 spiro atoms. The molecule has 0 saturated carbocycles. The number of pyridine rings is 1. The van der Waals surface area contributed by atoms with Gasteiger partial charge in [-0.1, -0.05) is 0 Å². The third kappa shape index (κ3) is 3.16. The molecule has 6 rings (SSSR count). The second kappa shape index (κ2) is 7.57. The van der Waals surface area contributed by atoms with Gasteiger partial charge in [0.2, 0.25) is 0 Å². The highest BCUT2D eigenvalue weighted by Crippen LogP contribution is 2.35. The standard InChI is InChI=1S/C21H17F2N9O2/c1-30-7-4-13(28-30)19-26-27-20(34-19)21(33)31-8-5-12-16(25-10-24-12)17(31)14-9-15-11(18(22)23)3-2-6-32(15)29-14/h2-4,6-7,9-10,17-18H,5,8H2,1H3,(H,24,25)/t17-/m0/s1. The summed E-state index contributed by atoms with van der Waals surface area (Å²) in [5.74, 6) is -0.603. The van der Waals surface area contributed by atoms with E-state index in [0.717, 1.165) is 5.69 Å². The van der Waals surface area contributed by atoms with E-state index in [2.05, 4.69) is 30.4 Å². The maximum Gasteiger partial charge on any atom is 0.312 e. The smallest absolute Gasteiger partial charge is 0.312 e. The van der Waals surface area contributed by atoms with Gasteiger partial charge < -0.3 is 14.3 Å². The lowest BCUT2D eigenvalue weighted by atomic mass is 9.99. The van der Waals surface area contributed by atoms with E-state index in [-0.39, 0.29) is 22.9 Å². The van der Waals surface area contributed by atoms with Crippen molar-refractivity contribution < 1.29 is 18.0 Å². The van der Waals surface area contributed by atoms with E-state index in [4.69, 9.17) is 4.42 Å². The summed E-state index contributed by atoms with van der Waals surface area (Å²) >= 11 is 0. The Morgan fingerprint density at radius 1 is 1.24 bits per heavy atom. The zero-order valence-electron chi connectivity index (χ0n) is 17.8. The number of carbonyl (C=O) groups excluding carboxylic acids is 1. The zero-order valence-corrected chi connectivity index (χ0v) is 17.8. The fourth-order valence-electron chi connectivity index (χ4n) is 4.23. The molecule has 0 aromatic carbocycles. The average Bonchev–Trinajstić information content (AvgIpc) is 3.62. The fourth-order valence-corrected chi connectivity index (χ4v) is 4.23. The number of nitrogens with zero attached hydrogens (tertiary/aromatic N) is 8. The van der Waals surface area contributed by atoms with Crippen LogP contribution in [-0.2, 0) is 13.5 Å². The molecule has 1 amide bonds. The Morgan fingerprint density at radius 3 is 2.91 bits per heavy atom. The van der Waals surface area contributed by atoms with E-state index in [0.29, 0.717) is 30.0 Å². The van der Waals surface area contributed by atoms with Crippen molar-refractivity contribution >= 4 is 11.4 Å². The molecule has 6 heterocycles. The molecule has 13 heteroatoms. The molecule has 11 nitrogen and oxygen atoms in total. The van der Waals surface area contributed by atoms with Gasteiger partial charge in [-0.2, -0.15) is 10.2 Å². The molecule has 172 valence electrons. The van der Waals surface area contributed by atoms with Crippen LogP contribution in [0.15, 0.2) is 47.4 Å². The van der Waals surface area contributed by atoms with Crippen molar-refractivity contribution in [3.63, 3.8) is 0 Å². The van der Waals surface area contributed by atoms with E-state index >= 15 is 0 Å². The second-order valence-electron chi connectivity index (χ2n) is 7.87. The summed E-state index contributed by atoms with van der Waals surface area (Å²) in [6, 6.07) is 5.39. The summed E-state index contributed by atoms with van der Waals surface area (Å²) in [4.78, 5) is 22.5. The minimum Gasteiger partial charge on any atom is -0.411 e. The normalized spacial score (nSPS) is 15.9. The minimum absolute atomic E-state index is 0.118. The number of fused-ring (bicyclic) bond motifs is 2. The number of carbonyl (C=O) groups is 1. The Kier molecular flexibility index (Phi) is 4.50. The lowest BCUT2D eigenvalue weighted by molar-refractivity contribution is 0.0646. The topological polar surface area (TPSA) is 123 Å². The number of nitrogens with one attached hydrogen (secondary N) is 1. The Labute approximate surface area is 190 Å². The molecule has 1 atom stereocenters. The number of hydrogen-bond acceptors (Lipinski definition) is 7. The molecular formula is C21H17F2N9O2. The van der Waals surface area contributed by atoms with Crippen LogP contribution >= 0.6 is 0 Å². The van der Waals surface area contributed by atoms with Crippen molar-refractivity contribution in [3.05, 3.63) is 71.5 Å². The highest BCUT2D eigenvalue weighted by atomic mass is 19.3. The van der Waals surface area contributed by atoms with Crippen LogP contribution in [-0.4, -0.2) is 56.9 Å². The van der Waals surface area contributed by atoms with Crippen LogP contribution in [0.2, 0.25) is 0 Å². The van der Waals surface area contributed by atoms with Crippen molar-refractivity contribution in [3.8, 4) is 11.6 Å². The number of rotatable bonds is 4. The number of halogens is 2. The highest BCUT2D eigenvalue weighted by molar-refractivity contribution is 5.90. The van der Waals surface area contributed by atoms with Gasteiger partial charge in [-0.05, 0) is 24.3 Å². The molecule has 0 aliphatic carbocycles. The Morgan fingerprint density at radius 2 is 2.12 bits per heavy atom. The quantitative estimate of drug-likeness (QED) is 0.433. The molecular weight excluding hydrogens is 448 g/mol. The predicted molar refractivity (Wildman–Crippen MR) is 112 cm³/mol. The first-order valence-corrected chi connectivity index (χ1v) is 10.4. The molecule has 0 bridgehead atoms. The summed E-state index contributed by atoms with van der Waals surface area (Å²) in [5.41, 5.74) is 2.40. The lowest BCUT2D eigenvalue weighted by Crippen LogP contribution is -2.41. The molecule has 0 radical (unpaired) electrons. The minimum atomic E-state index is -2.67. The van der Waals surface area contributed by atoms with Crippen molar-refractivity contribution in [1.29, 1.82) is 0 Å². The van der Waals surface area contributed by atoms with E-state index in [1.165, 1.54) is 27.9 Å². The maximum atomic E-state index is 13.6. The third-order valence-electron chi connectivity index (χ3n) is 5.80. The van der Waals surface area contributed by atoms with Crippen molar-refractivity contribution in [2.24, 2.45) is 7.05 Å². The number of amides is 1. The lowest BCUT2D eigenvalue weighted by Gasteiger charge is -2.32. The number of H-pyrrole nitrogens is 1. The number of imidazole rings is 1. The zero-order chi connectivity index (χ0) is 23.4. The van der Waals surface area contributed by atoms with E-state index in [1.807, 2.05) is 0 Å². The van der Waals surface area contributed by atoms with E-state index in [9.17, 15) is 13.6 Å². The van der Waals surface area contributed by atoms with Crippen molar-refractivity contribution in [2.45, 2.75) is 18.9 Å². The highest BCUT2D eigenvalue weighted by Gasteiger charge is 2.38. The van der Waals surface area contributed by atoms with Gasteiger partial charge in [-0.15, -0.1) is 10.2 Å². The molecule has 1 aliphatic heterocycles. The largest absolute Gasteiger partial charge is 0.411 e. The first kappa shape index (κ1) is 20.2. The second-order valence-corrected chi connectivity index (χ2v) is 7.87. The third-order valence-corrected chi connectivity index (χ3v) is 5.80. The van der Waals surface area contributed by atoms with E-state index in [1.54, 1.807) is 36.3 Å². The predicted octanol–water partition coefficient (Wildman–Crippen LogP) is 2.57. The summed E-state index contributed by atoms with van der Waals surface area (Å²) in [6.45, 7) is 0.315. The molecule has 0 unspecified atom stereocenters. The van der Waals surface area contributed by atoms with Gasteiger partial charge in [0, 0.05) is 43.7 Å². The monoisotopic (exact) mass is 465 g/mol. The van der Waals surface area contributed by atoms with Crippen LogP contribution in [0.25, 0.3) is 17.1 Å². The van der Waals surface area contributed by atoms with Gasteiger partial charge in [0.1, 0.15) is 11.7 Å². The Balaban J connectivity index is 1.41. The summed E-state index contributed by atoms with van der Waals surface area (Å²) in [5, 5.41) is 16.6. The number of hydrogen-bond donors (Lipinski definition) is 1. The molecule has 5 aromatic rings. The molecule has 5 aromatic heterocycles. The first-order valence-electron chi connectivity index (χ1n) is 10.4. The van der Waals surface area contributed by atoms with E-state index < -0.39 is 18.4 Å². The Bertz CT molecular complexity index is 1520. The van der Waals surface area contributed by atoms with Crippen LogP contribution in [0.1, 0.15) is 45.8 Å². The van der Waals surface area contributed by atoms with Crippen molar-refractivity contribution in [2.75, 3.05) is 6.54 Å². The van der Waals surface area contributed by atoms with Crippen LogP contribution in [0.4, 0.5) is 8.78 Å². The summed E-state index contributed by atoms with van der Waals surface area (Å²) in [6.07, 6.45) is 2.70. The van der Waals surface area contributed by atoms with Crippen LogP contribution in [0, 0.1) is 0 Å². The van der Waals surface area contributed by atoms with Crippen LogP contribution in [0.5, 0.6) is 0 Å². The number of aryl methyl sites for hydroxylation is 1. The van der Waals surface area contributed by atoms with Gasteiger partial charge in [0.15, 0.2) is 0 Å².